The first-order chi connectivity index (χ1) is 8.60. The minimum Gasteiger partial charge on any atom is -0.393 e. The fraction of sp³-hybridized carbons (Fsp3) is 0.538. The van der Waals surface area contributed by atoms with Crippen LogP contribution in [-0.2, 0) is 22.1 Å². The van der Waals surface area contributed by atoms with Crippen molar-refractivity contribution in [3.05, 3.63) is 34.9 Å². The first kappa shape index (κ1) is 14.3. The summed E-state index contributed by atoms with van der Waals surface area (Å²) >= 11 is 0. The van der Waals surface area contributed by atoms with Gasteiger partial charge in [-0.05, 0) is 37.1 Å². The number of ether oxygens (including phenoxy) is 1. The summed E-state index contributed by atoms with van der Waals surface area (Å²) in [6, 6.07) is 3.08. The van der Waals surface area contributed by atoms with Crippen LogP contribution in [0.25, 0.3) is 0 Å². The van der Waals surface area contributed by atoms with Crippen LogP contribution < -0.4 is 0 Å². The highest BCUT2D eigenvalue weighted by Gasteiger charge is 2.43. The van der Waals surface area contributed by atoms with Crippen LogP contribution >= 0.6 is 0 Å². The average Bonchev–Trinajstić information content (AvgIpc) is 2.33. The van der Waals surface area contributed by atoms with Gasteiger partial charge in [-0.3, -0.25) is 0 Å². The van der Waals surface area contributed by atoms with E-state index < -0.39 is 29.5 Å². The summed E-state index contributed by atoms with van der Waals surface area (Å²) in [5, 5.41) is 19.4. The Morgan fingerprint density at radius 3 is 2.42 bits per heavy atom. The van der Waals surface area contributed by atoms with E-state index >= 15 is 0 Å². The van der Waals surface area contributed by atoms with Crippen molar-refractivity contribution in [2.24, 2.45) is 0 Å². The molecule has 0 aromatic heterocycles. The van der Waals surface area contributed by atoms with E-state index in [1.54, 1.807) is 13.8 Å². The maximum Gasteiger partial charge on any atom is 0.416 e. The van der Waals surface area contributed by atoms with E-state index in [1.165, 1.54) is 6.07 Å². The van der Waals surface area contributed by atoms with Crippen molar-refractivity contribution in [3.63, 3.8) is 0 Å². The lowest BCUT2D eigenvalue weighted by atomic mass is 9.80. The molecule has 6 heteroatoms. The van der Waals surface area contributed by atoms with Gasteiger partial charge in [-0.1, -0.05) is 6.07 Å². The third-order valence-corrected chi connectivity index (χ3v) is 3.43. The molecule has 19 heavy (non-hydrogen) atoms. The Bertz CT molecular complexity index is 496. The predicted octanol–water partition coefficient (Wildman–Crippen LogP) is 2.15. The molecule has 0 spiro atoms. The smallest absolute Gasteiger partial charge is 0.393 e. The van der Waals surface area contributed by atoms with Gasteiger partial charge < -0.3 is 14.9 Å². The van der Waals surface area contributed by atoms with Crippen molar-refractivity contribution < 1.29 is 28.1 Å². The molecule has 1 heterocycles. The number of halogens is 3. The lowest BCUT2D eigenvalue weighted by molar-refractivity contribution is -0.152. The molecule has 2 N–H and O–H groups in total. The number of alkyl halides is 3. The highest BCUT2D eigenvalue weighted by molar-refractivity contribution is 5.42. The summed E-state index contributed by atoms with van der Waals surface area (Å²) in [4.78, 5) is 0. The Labute approximate surface area is 108 Å². The quantitative estimate of drug-likeness (QED) is 0.826. The number of fused-ring (bicyclic) bond motifs is 1. The minimum absolute atomic E-state index is 0.158. The number of benzene rings is 1. The highest BCUT2D eigenvalue weighted by atomic mass is 19.4. The third kappa shape index (κ3) is 2.35. The van der Waals surface area contributed by atoms with Crippen LogP contribution in [0, 0.1) is 0 Å². The van der Waals surface area contributed by atoms with Gasteiger partial charge in [0.25, 0.3) is 0 Å². The van der Waals surface area contributed by atoms with Crippen molar-refractivity contribution >= 4 is 0 Å². The summed E-state index contributed by atoms with van der Waals surface area (Å²) in [6.45, 7) is 2.49. The molecule has 0 saturated carbocycles. The van der Waals surface area contributed by atoms with Gasteiger partial charge in [-0.2, -0.15) is 13.2 Å². The van der Waals surface area contributed by atoms with Gasteiger partial charge >= 0.3 is 6.18 Å². The lowest BCUT2D eigenvalue weighted by Gasteiger charge is -2.41. The molecule has 0 bridgehead atoms. The van der Waals surface area contributed by atoms with Gasteiger partial charge in [0.2, 0.25) is 0 Å². The average molecular weight is 276 g/mol. The number of aliphatic hydroxyl groups is 2. The van der Waals surface area contributed by atoms with Crippen molar-refractivity contribution in [1.82, 2.24) is 0 Å². The van der Waals surface area contributed by atoms with E-state index in [0.717, 1.165) is 12.1 Å². The van der Waals surface area contributed by atoms with Gasteiger partial charge in [-0.25, -0.2) is 0 Å². The molecular weight excluding hydrogens is 261 g/mol. The van der Waals surface area contributed by atoms with Crippen molar-refractivity contribution in [3.8, 4) is 0 Å². The molecule has 0 fully saturated rings. The minimum atomic E-state index is -4.46. The molecule has 1 aromatic rings. The molecule has 1 aliphatic rings. The monoisotopic (exact) mass is 276 g/mol. The van der Waals surface area contributed by atoms with Crippen LogP contribution in [0.3, 0.4) is 0 Å². The Balaban J connectivity index is 2.63. The van der Waals surface area contributed by atoms with Gasteiger partial charge in [-0.15, -0.1) is 0 Å². The van der Waals surface area contributed by atoms with Gasteiger partial charge in [0.15, 0.2) is 0 Å². The van der Waals surface area contributed by atoms with Gasteiger partial charge in [0.05, 0.1) is 24.4 Å². The highest BCUT2D eigenvalue weighted by Crippen LogP contribution is 2.42. The van der Waals surface area contributed by atoms with Crippen LogP contribution in [0.2, 0.25) is 0 Å². The Kier molecular flexibility index (Phi) is 3.16. The van der Waals surface area contributed by atoms with E-state index in [0.29, 0.717) is 0 Å². The predicted molar refractivity (Wildman–Crippen MR) is 61.4 cm³/mol. The number of hydrogen-bond donors (Lipinski definition) is 2. The van der Waals surface area contributed by atoms with Crippen LogP contribution in [0.5, 0.6) is 0 Å². The third-order valence-electron chi connectivity index (χ3n) is 3.43. The van der Waals surface area contributed by atoms with E-state index in [9.17, 15) is 23.4 Å². The van der Waals surface area contributed by atoms with Gasteiger partial charge in [0, 0.05) is 0 Å². The maximum absolute atomic E-state index is 12.7. The normalized spacial score (nSPS) is 26.1. The summed E-state index contributed by atoms with van der Waals surface area (Å²) < 4.78 is 43.6. The fourth-order valence-electron chi connectivity index (χ4n) is 2.21. The molecule has 1 unspecified atom stereocenters. The molecule has 1 aromatic carbocycles. The fourth-order valence-corrected chi connectivity index (χ4v) is 2.21. The molecule has 0 aliphatic carbocycles. The second kappa shape index (κ2) is 4.19. The summed E-state index contributed by atoms with van der Waals surface area (Å²) in [7, 11) is 0. The molecule has 106 valence electrons. The van der Waals surface area contributed by atoms with Crippen LogP contribution in [0.1, 0.15) is 30.5 Å². The molecule has 0 amide bonds. The molecule has 0 saturated heterocycles. The summed E-state index contributed by atoms with van der Waals surface area (Å²) in [6.07, 6.45) is -4.46. The zero-order valence-corrected chi connectivity index (χ0v) is 10.6. The van der Waals surface area contributed by atoms with Crippen molar-refractivity contribution in [2.45, 2.75) is 31.2 Å². The number of aliphatic hydroxyl groups excluding tert-OH is 1. The first-order valence-electron chi connectivity index (χ1n) is 5.79. The molecule has 1 atom stereocenters. The largest absolute Gasteiger partial charge is 0.416 e. The topological polar surface area (TPSA) is 49.7 Å². The Morgan fingerprint density at radius 2 is 1.89 bits per heavy atom. The van der Waals surface area contributed by atoms with E-state index in [4.69, 9.17) is 4.74 Å². The molecule has 3 nitrogen and oxygen atoms in total. The van der Waals surface area contributed by atoms with Crippen molar-refractivity contribution in [1.29, 1.82) is 0 Å². The molecule has 0 radical (unpaired) electrons. The van der Waals surface area contributed by atoms with Gasteiger partial charge in [0.1, 0.15) is 5.60 Å². The molecule has 1 aliphatic heterocycles. The number of rotatable bonds is 1. The van der Waals surface area contributed by atoms with Crippen LogP contribution in [-0.4, -0.2) is 23.4 Å². The van der Waals surface area contributed by atoms with E-state index in [2.05, 4.69) is 0 Å². The SMILES string of the molecule is CC1(C)OCC(O)(CO)c2ccc(C(F)(F)F)cc21. The summed E-state index contributed by atoms with van der Waals surface area (Å²) in [5.74, 6) is 0. The zero-order valence-electron chi connectivity index (χ0n) is 10.6. The second-order valence-corrected chi connectivity index (χ2v) is 5.25. The number of hydrogen-bond acceptors (Lipinski definition) is 3. The van der Waals surface area contributed by atoms with E-state index in [1.807, 2.05) is 0 Å². The van der Waals surface area contributed by atoms with E-state index in [-0.39, 0.29) is 17.7 Å². The summed E-state index contributed by atoms with van der Waals surface area (Å²) in [5.41, 5.74) is -2.89. The first-order valence-corrected chi connectivity index (χ1v) is 5.79. The van der Waals surface area contributed by atoms with Crippen molar-refractivity contribution in [2.75, 3.05) is 13.2 Å². The molecular formula is C13H15F3O3. The Morgan fingerprint density at radius 1 is 1.26 bits per heavy atom. The van der Waals surface area contributed by atoms with Crippen LogP contribution in [0.15, 0.2) is 18.2 Å². The Hall–Kier alpha value is -1.11. The standard InChI is InChI=1S/C13H15F3O3/c1-11(2)10-5-8(13(14,15)16)3-4-9(10)12(18,6-17)7-19-11/h3-5,17-18H,6-7H2,1-2H3. The lowest BCUT2D eigenvalue weighted by Crippen LogP contribution is -2.45. The van der Waals surface area contributed by atoms with Crippen LogP contribution in [0.4, 0.5) is 13.2 Å². The molecule has 2 rings (SSSR count). The second-order valence-electron chi connectivity index (χ2n) is 5.25. The zero-order chi connectivity index (χ0) is 14.5. The maximum atomic E-state index is 12.7.